The Balaban J connectivity index is 0.00000320. The second-order valence-electron chi connectivity index (χ2n) is 6.75. The second kappa shape index (κ2) is 9.36. The molecule has 1 aliphatic rings. The zero-order chi connectivity index (χ0) is 21.2. The molecule has 6 nitrogen and oxygen atoms in total. The number of amides is 1. The lowest BCUT2D eigenvalue weighted by Crippen LogP contribution is -2.42. The molecule has 0 bridgehead atoms. The number of alkyl halides is 4. The lowest BCUT2D eigenvalue weighted by molar-refractivity contribution is -0.145. The third-order valence-electron chi connectivity index (χ3n) is 4.70. The fraction of sp³-hybridized carbons (Fsp3) is 0.368. The highest BCUT2D eigenvalue weighted by atomic mass is 35.5. The summed E-state index contributed by atoms with van der Waals surface area (Å²) in [5.41, 5.74) is 1.61. The Morgan fingerprint density at radius 1 is 1.30 bits per heavy atom. The number of rotatable bonds is 4. The highest BCUT2D eigenvalue weighted by Gasteiger charge is 2.35. The first-order valence-corrected chi connectivity index (χ1v) is 8.79. The summed E-state index contributed by atoms with van der Waals surface area (Å²) in [6.45, 7) is 1.67. The summed E-state index contributed by atoms with van der Waals surface area (Å²) >= 11 is 0. The van der Waals surface area contributed by atoms with Crippen molar-refractivity contribution < 1.29 is 22.4 Å². The Hall–Kier alpha value is -2.77. The molecule has 0 spiro atoms. The molecule has 11 heteroatoms. The number of carbonyl (C=O) groups excluding carboxylic acids is 1. The van der Waals surface area contributed by atoms with E-state index in [4.69, 9.17) is 0 Å². The maximum atomic E-state index is 13.6. The van der Waals surface area contributed by atoms with Gasteiger partial charge in [0.2, 0.25) is 11.7 Å². The van der Waals surface area contributed by atoms with Gasteiger partial charge in [0.05, 0.1) is 17.7 Å². The smallest absolute Gasteiger partial charge is 0.351 e. The molecule has 0 saturated carbocycles. The minimum atomic E-state index is -4.64. The molecule has 30 heavy (non-hydrogen) atoms. The molecule has 1 amide bonds. The van der Waals surface area contributed by atoms with Crippen LogP contribution >= 0.6 is 12.4 Å². The van der Waals surface area contributed by atoms with Gasteiger partial charge in [0.1, 0.15) is 6.17 Å². The van der Waals surface area contributed by atoms with Crippen LogP contribution in [0.2, 0.25) is 0 Å². The van der Waals surface area contributed by atoms with E-state index < -0.39 is 30.3 Å². The van der Waals surface area contributed by atoms with Gasteiger partial charge in [-0.3, -0.25) is 4.79 Å². The monoisotopic (exact) mass is 443 g/mol. The van der Waals surface area contributed by atoms with Crippen LogP contribution in [0.25, 0.3) is 11.1 Å². The zero-order valence-corrected chi connectivity index (χ0v) is 16.5. The van der Waals surface area contributed by atoms with Gasteiger partial charge in [-0.1, -0.05) is 6.07 Å². The number of hydrogen-bond acceptors (Lipinski definition) is 5. The fourth-order valence-electron chi connectivity index (χ4n) is 3.06. The van der Waals surface area contributed by atoms with Crippen molar-refractivity contribution in [3.63, 3.8) is 0 Å². The van der Waals surface area contributed by atoms with Crippen molar-refractivity contribution in [1.29, 1.82) is 5.26 Å². The third kappa shape index (κ3) is 5.23. The summed E-state index contributed by atoms with van der Waals surface area (Å²) in [5.74, 6) is -1.63. The summed E-state index contributed by atoms with van der Waals surface area (Å²) in [4.78, 5) is 18.9. The molecule has 1 saturated heterocycles. The molecule has 2 N–H and O–H groups in total. The number of nitrogens with one attached hydrogen (secondary N) is 2. The van der Waals surface area contributed by atoms with Crippen molar-refractivity contribution in [3.05, 3.63) is 47.5 Å². The molecule has 0 radical (unpaired) electrons. The molecule has 3 atom stereocenters. The highest BCUT2D eigenvalue weighted by molar-refractivity contribution is 5.85. The summed E-state index contributed by atoms with van der Waals surface area (Å²) in [7, 11) is 0. The molecular weight excluding hydrogens is 426 g/mol. The molecule has 2 aromatic rings. The van der Waals surface area contributed by atoms with E-state index in [0.717, 1.165) is 12.4 Å². The first kappa shape index (κ1) is 23.5. The van der Waals surface area contributed by atoms with E-state index in [-0.39, 0.29) is 31.3 Å². The first-order valence-electron chi connectivity index (χ1n) is 8.79. The van der Waals surface area contributed by atoms with Crippen LogP contribution < -0.4 is 10.6 Å². The predicted octanol–water partition coefficient (Wildman–Crippen LogP) is 3.16. The molecule has 1 fully saturated rings. The largest absolute Gasteiger partial charge is 0.451 e. The summed E-state index contributed by atoms with van der Waals surface area (Å²) in [6.07, 6.45) is -3.58. The van der Waals surface area contributed by atoms with E-state index in [1.165, 1.54) is 6.07 Å². The Morgan fingerprint density at radius 2 is 1.97 bits per heavy atom. The lowest BCUT2D eigenvalue weighted by Gasteiger charge is -2.13. The summed E-state index contributed by atoms with van der Waals surface area (Å²) < 4.78 is 51.4. The van der Waals surface area contributed by atoms with Gasteiger partial charge in [-0.05, 0) is 30.2 Å². The quantitative estimate of drug-likeness (QED) is 0.708. The Morgan fingerprint density at radius 3 is 2.50 bits per heavy atom. The van der Waals surface area contributed by atoms with Gasteiger partial charge in [-0.15, -0.1) is 12.4 Å². The molecule has 2 heterocycles. The van der Waals surface area contributed by atoms with Crippen molar-refractivity contribution >= 4 is 18.3 Å². The van der Waals surface area contributed by atoms with Crippen molar-refractivity contribution in [2.24, 2.45) is 0 Å². The van der Waals surface area contributed by atoms with E-state index in [1.54, 1.807) is 19.1 Å². The Labute approximate surface area is 176 Å². The van der Waals surface area contributed by atoms with Crippen molar-refractivity contribution in [3.8, 4) is 17.2 Å². The molecule has 3 rings (SSSR count). The average Bonchev–Trinajstić information content (AvgIpc) is 3.04. The van der Waals surface area contributed by atoms with Gasteiger partial charge >= 0.3 is 6.18 Å². The number of aromatic nitrogens is 2. The average molecular weight is 444 g/mol. The summed E-state index contributed by atoms with van der Waals surface area (Å²) in [6, 6.07) is 5.57. The second-order valence-corrected chi connectivity index (χ2v) is 6.75. The van der Waals surface area contributed by atoms with Crippen LogP contribution in [0.3, 0.4) is 0 Å². The van der Waals surface area contributed by atoms with Crippen LogP contribution in [0.4, 0.5) is 17.6 Å². The molecule has 1 aromatic carbocycles. The van der Waals surface area contributed by atoms with Gasteiger partial charge < -0.3 is 10.6 Å². The number of carbonyl (C=O) groups is 1. The maximum absolute atomic E-state index is 13.6. The van der Waals surface area contributed by atoms with Gasteiger partial charge in [-0.2, -0.15) is 18.4 Å². The van der Waals surface area contributed by atoms with Crippen molar-refractivity contribution in [2.45, 2.75) is 44.3 Å². The standard InChI is InChI=1S/C19H17F4N5O.ClH/c1-10-15(20)5-16(28-10)17(29)25-7-13-4-11(2-3-12(13)6-24)14-8-26-18(27-9-14)19(21,22)23;/h2-4,8-10,15-16,28H,5,7H2,1H3,(H,25,29);1H. The fourth-order valence-corrected chi connectivity index (χ4v) is 3.06. The number of benzene rings is 1. The summed E-state index contributed by atoms with van der Waals surface area (Å²) in [5, 5.41) is 14.8. The topological polar surface area (TPSA) is 90.7 Å². The van der Waals surface area contributed by atoms with Gasteiger partial charge in [0, 0.05) is 37.0 Å². The molecule has 160 valence electrons. The molecule has 3 unspecified atom stereocenters. The number of nitriles is 1. The predicted molar refractivity (Wildman–Crippen MR) is 102 cm³/mol. The van der Waals surface area contributed by atoms with Gasteiger partial charge in [0.25, 0.3) is 0 Å². The third-order valence-corrected chi connectivity index (χ3v) is 4.70. The van der Waals surface area contributed by atoms with Crippen molar-refractivity contribution in [1.82, 2.24) is 20.6 Å². The Bertz CT molecular complexity index is 935. The first-order chi connectivity index (χ1) is 13.7. The van der Waals surface area contributed by atoms with Gasteiger partial charge in [0.15, 0.2) is 0 Å². The van der Waals surface area contributed by atoms with E-state index in [0.29, 0.717) is 22.3 Å². The maximum Gasteiger partial charge on any atom is 0.451 e. The minimum Gasteiger partial charge on any atom is -0.351 e. The van der Waals surface area contributed by atoms with Gasteiger partial charge in [-0.25, -0.2) is 14.4 Å². The van der Waals surface area contributed by atoms with Crippen LogP contribution in [-0.2, 0) is 17.5 Å². The van der Waals surface area contributed by atoms with Crippen LogP contribution in [0.1, 0.15) is 30.3 Å². The van der Waals surface area contributed by atoms with E-state index >= 15 is 0 Å². The number of halogens is 5. The van der Waals surface area contributed by atoms with E-state index in [1.807, 2.05) is 6.07 Å². The SMILES string of the molecule is CC1NC(C(=O)NCc2cc(-c3cnc(C(F)(F)F)nc3)ccc2C#N)CC1F.Cl. The van der Waals surface area contributed by atoms with E-state index in [9.17, 15) is 27.6 Å². The molecule has 0 aliphatic carbocycles. The lowest BCUT2D eigenvalue weighted by atomic mass is 10.0. The minimum absolute atomic E-state index is 0. The Kier molecular flexibility index (Phi) is 7.34. The van der Waals surface area contributed by atoms with Crippen LogP contribution in [0, 0.1) is 11.3 Å². The van der Waals surface area contributed by atoms with E-state index in [2.05, 4.69) is 20.6 Å². The number of nitrogens with zero attached hydrogens (tertiary/aromatic N) is 3. The number of hydrogen-bond donors (Lipinski definition) is 2. The van der Waals surface area contributed by atoms with Crippen LogP contribution in [-0.4, -0.2) is 34.1 Å². The zero-order valence-electron chi connectivity index (χ0n) is 15.7. The van der Waals surface area contributed by atoms with Crippen LogP contribution in [0.15, 0.2) is 30.6 Å². The molecular formula is C19H18ClF4N5O. The molecule has 1 aliphatic heterocycles. The normalized spacial score (nSPS) is 20.9. The van der Waals surface area contributed by atoms with Crippen LogP contribution in [0.5, 0.6) is 0 Å². The molecule has 1 aromatic heterocycles. The highest BCUT2D eigenvalue weighted by Crippen LogP contribution is 2.27. The van der Waals surface area contributed by atoms with Crippen molar-refractivity contribution in [2.75, 3.05) is 0 Å².